The predicted molar refractivity (Wildman–Crippen MR) is 46.5 cm³/mol. The van der Waals surface area contributed by atoms with Gasteiger partial charge in [-0.1, -0.05) is 0 Å². The van der Waals surface area contributed by atoms with Gasteiger partial charge in [-0.15, -0.1) is 0 Å². The molecule has 0 aromatic rings. The first-order valence-electron chi connectivity index (χ1n) is 4.22. The minimum absolute atomic E-state index is 0.0394. The highest BCUT2D eigenvalue weighted by molar-refractivity contribution is 5.72. The zero-order chi connectivity index (χ0) is 8.53. The van der Waals surface area contributed by atoms with E-state index in [-0.39, 0.29) is 5.91 Å². The van der Waals surface area contributed by atoms with Crippen molar-refractivity contribution in [3.63, 3.8) is 0 Å². The Balaban J connectivity index is 0.000000183. The van der Waals surface area contributed by atoms with Crippen molar-refractivity contribution in [2.75, 3.05) is 19.6 Å². The molecule has 0 aromatic heterocycles. The minimum atomic E-state index is 0.0394. The predicted octanol–water partition coefficient (Wildman–Crippen LogP) is 0.512. The fourth-order valence-electron chi connectivity index (χ4n) is 0.874. The van der Waals surface area contributed by atoms with E-state index >= 15 is 0 Å². The van der Waals surface area contributed by atoms with Crippen molar-refractivity contribution < 1.29 is 4.79 Å². The van der Waals surface area contributed by atoms with Gasteiger partial charge >= 0.3 is 0 Å². The molecule has 1 fully saturated rings. The van der Waals surface area contributed by atoms with Crippen LogP contribution < -0.4 is 10.6 Å². The Hall–Kier alpha value is -0.570. The van der Waals surface area contributed by atoms with E-state index in [2.05, 4.69) is 10.6 Å². The Kier molecular flexibility index (Phi) is 7.15. The first-order valence-corrected chi connectivity index (χ1v) is 4.22. The first-order chi connectivity index (χ1) is 5.27. The van der Waals surface area contributed by atoms with Crippen LogP contribution in [0.1, 0.15) is 26.7 Å². The molecule has 1 aliphatic heterocycles. The maximum absolute atomic E-state index is 9.93. The smallest absolute Gasteiger partial charge is 0.216 e. The zero-order valence-electron chi connectivity index (χ0n) is 7.44. The third kappa shape index (κ3) is 9.43. The second-order valence-electron chi connectivity index (χ2n) is 2.54. The number of amides is 1. The van der Waals surface area contributed by atoms with Gasteiger partial charge in [0.2, 0.25) is 5.91 Å². The Morgan fingerprint density at radius 3 is 2.09 bits per heavy atom. The lowest BCUT2D eigenvalue weighted by molar-refractivity contribution is -0.118. The molecule has 0 radical (unpaired) electrons. The average molecular weight is 158 g/mol. The van der Waals surface area contributed by atoms with Crippen LogP contribution in [0.5, 0.6) is 0 Å². The fourth-order valence-corrected chi connectivity index (χ4v) is 0.874. The maximum atomic E-state index is 9.93. The Morgan fingerprint density at radius 2 is 2.00 bits per heavy atom. The van der Waals surface area contributed by atoms with Gasteiger partial charge in [-0.05, 0) is 32.9 Å². The number of hydrogen-bond donors (Lipinski definition) is 2. The topological polar surface area (TPSA) is 41.1 Å². The molecule has 2 N–H and O–H groups in total. The lowest BCUT2D eigenvalue weighted by atomic mass is 10.4. The summed E-state index contributed by atoms with van der Waals surface area (Å²) in [4.78, 5) is 9.93. The summed E-state index contributed by atoms with van der Waals surface area (Å²) in [6, 6.07) is 0. The van der Waals surface area contributed by atoms with Crippen molar-refractivity contribution in [3.05, 3.63) is 0 Å². The van der Waals surface area contributed by atoms with E-state index in [1.165, 1.54) is 32.9 Å². The van der Waals surface area contributed by atoms with Crippen LogP contribution in [0.3, 0.4) is 0 Å². The molecular weight excluding hydrogens is 140 g/mol. The van der Waals surface area contributed by atoms with Gasteiger partial charge in [0.1, 0.15) is 0 Å². The third-order valence-corrected chi connectivity index (χ3v) is 1.38. The largest absolute Gasteiger partial charge is 0.357 e. The molecule has 0 saturated carbocycles. The van der Waals surface area contributed by atoms with Gasteiger partial charge in [0.25, 0.3) is 0 Å². The number of carbonyl (C=O) groups excluding carboxylic acids is 1. The summed E-state index contributed by atoms with van der Waals surface area (Å²) in [6.45, 7) is 6.63. The molecule has 66 valence electrons. The number of hydrogen-bond acceptors (Lipinski definition) is 2. The second-order valence-corrected chi connectivity index (χ2v) is 2.54. The van der Waals surface area contributed by atoms with Crippen LogP contribution in [0.2, 0.25) is 0 Å². The fraction of sp³-hybridized carbons (Fsp3) is 0.875. The van der Waals surface area contributed by atoms with Crippen molar-refractivity contribution in [1.29, 1.82) is 0 Å². The molecule has 1 rings (SSSR count). The Morgan fingerprint density at radius 1 is 1.45 bits per heavy atom. The standard InChI is InChI=1S/C4H9NO.C4H9N/c1-3-5-4(2)6;1-2-4-5-3-1/h3H2,1-2H3,(H,5,6);5H,1-4H2. The summed E-state index contributed by atoms with van der Waals surface area (Å²) < 4.78 is 0. The molecule has 1 amide bonds. The van der Waals surface area contributed by atoms with Gasteiger partial charge in [0, 0.05) is 13.5 Å². The third-order valence-electron chi connectivity index (χ3n) is 1.38. The van der Waals surface area contributed by atoms with Gasteiger partial charge in [-0.25, -0.2) is 0 Å². The van der Waals surface area contributed by atoms with Crippen molar-refractivity contribution >= 4 is 5.91 Å². The monoisotopic (exact) mass is 158 g/mol. The minimum Gasteiger partial charge on any atom is -0.357 e. The van der Waals surface area contributed by atoms with E-state index < -0.39 is 0 Å². The second kappa shape index (κ2) is 7.54. The van der Waals surface area contributed by atoms with Gasteiger partial charge in [0.15, 0.2) is 0 Å². The van der Waals surface area contributed by atoms with Crippen LogP contribution in [-0.2, 0) is 4.79 Å². The molecule has 1 aliphatic rings. The molecule has 11 heavy (non-hydrogen) atoms. The van der Waals surface area contributed by atoms with E-state index in [0.29, 0.717) is 0 Å². The number of nitrogens with one attached hydrogen (secondary N) is 2. The molecule has 0 aromatic carbocycles. The van der Waals surface area contributed by atoms with Gasteiger partial charge < -0.3 is 10.6 Å². The van der Waals surface area contributed by atoms with E-state index in [9.17, 15) is 4.79 Å². The van der Waals surface area contributed by atoms with Crippen molar-refractivity contribution in [2.45, 2.75) is 26.7 Å². The summed E-state index contributed by atoms with van der Waals surface area (Å²) in [5, 5.41) is 5.79. The van der Waals surface area contributed by atoms with Crippen LogP contribution >= 0.6 is 0 Å². The highest BCUT2D eigenvalue weighted by atomic mass is 16.1. The van der Waals surface area contributed by atoms with Gasteiger partial charge in [0.05, 0.1) is 0 Å². The molecule has 0 atom stereocenters. The molecule has 0 aliphatic carbocycles. The molecular formula is C8H18N2O. The molecule has 0 bridgehead atoms. The van der Waals surface area contributed by atoms with E-state index in [4.69, 9.17) is 0 Å². The molecule has 0 unspecified atom stereocenters. The Labute approximate surface area is 68.6 Å². The lowest BCUT2D eigenvalue weighted by Crippen LogP contribution is -2.18. The highest BCUT2D eigenvalue weighted by Crippen LogP contribution is 1.90. The van der Waals surface area contributed by atoms with Crippen molar-refractivity contribution in [2.24, 2.45) is 0 Å². The SMILES string of the molecule is C1CCNC1.CCNC(C)=O. The first kappa shape index (κ1) is 10.4. The zero-order valence-corrected chi connectivity index (χ0v) is 7.44. The molecule has 3 nitrogen and oxygen atoms in total. The van der Waals surface area contributed by atoms with Crippen LogP contribution in [0.25, 0.3) is 0 Å². The van der Waals surface area contributed by atoms with E-state index in [1.54, 1.807) is 0 Å². The summed E-state index contributed by atoms with van der Waals surface area (Å²) in [7, 11) is 0. The molecule has 1 saturated heterocycles. The van der Waals surface area contributed by atoms with Crippen LogP contribution in [0.4, 0.5) is 0 Å². The van der Waals surface area contributed by atoms with Crippen LogP contribution in [-0.4, -0.2) is 25.5 Å². The normalized spacial score (nSPS) is 15.1. The number of carbonyl (C=O) groups is 1. The van der Waals surface area contributed by atoms with Gasteiger partial charge in [-0.2, -0.15) is 0 Å². The van der Waals surface area contributed by atoms with Crippen molar-refractivity contribution in [3.8, 4) is 0 Å². The molecule has 3 heteroatoms. The molecule has 0 spiro atoms. The summed E-state index contributed by atoms with van der Waals surface area (Å²) in [5.74, 6) is 0.0394. The van der Waals surface area contributed by atoms with Crippen LogP contribution in [0, 0.1) is 0 Å². The Bertz CT molecular complexity index is 92.7. The number of rotatable bonds is 1. The molecule has 1 heterocycles. The summed E-state index contributed by atoms with van der Waals surface area (Å²) >= 11 is 0. The van der Waals surface area contributed by atoms with Crippen molar-refractivity contribution in [1.82, 2.24) is 10.6 Å². The van der Waals surface area contributed by atoms with E-state index in [1.807, 2.05) is 6.92 Å². The van der Waals surface area contributed by atoms with E-state index in [0.717, 1.165) is 6.54 Å². The average Bonchev–Trinajstić information content (AvgIpc) is 2.41. The van der Waals surface area contributed by atoms with Gasteiger partial charge in [-0.3, -0.25) is 4.79 Å². The maximum Gasteiger partial charge on any atom is 0.216 e. The summed E-state index contributed by atoms with van der Waals surface area (Å²) in [6.07, 6.45) is 2.78. The summed E-state index contributed by atoms with van der Waals surface area (Å²) in [5.41, 5.74) is 0. The quantitative estimate of drug-likeness (QED) is 0.584. The lowest BCUT2D eigenvalue weighted by Gasteiger charge is -1.88. The van der Waals surface area contributed by atoms with Crippen LogP contribution in [0.15, 0.2) is 0 Å². The highest BCUT2D eigenvalue weighted by Gasteiger charge is 1.93.